The smallest absolute Gasteiger partial charge is 0.462 e. The Labute approximate surface area is 157 Å². The molecule has 0 aliphatic heterocycles. The van der Waals surface area contributed by atoms with Gasteiger partial charge in [0, 0.05) is 6.61 Å². The first-order valence-corrected chi connectivity index (χ1v) is 13.2. The molecule has 0 aromatic heterocycles. The summed E-state index contributed by atoms with van der Waals surface area (Å²) >= 11 is -1.08. The van der Waals surface area contributed by atoms with E-state index in [0.29, 0.717) is 0 Å². The molecule has 0 aromatic rings. The van der Waals surface area contributed by atoms with Crippen LogP contribution in [0.15, 0.2) is 0 Å². The summed E-state index contributed by atoms with van der Waals surface area (Å²) < 4.78 is 12.2. The maximum Gasteiger partial charge on any atom is 0.462 e. The lowest BCUT2D eigenvalue weighted by molar-refractivity contribution is -0.0799. The molecule has 0 fully saturated rings. The van der Waals surface area contributed by atoms with Crippen molar-refractivity contribution in [1.29, 1.82) is 0 Å². The van der Waals surface area contributed by atoms with Gasteiger partial charge in [-0.1, -0.05) is 108 Å². The SMILES string of the molecule is CCCCCCC[CH2][Al]([CH2]CCCCCCC)[O]C(CC)OCC. The van der Waals surface area contributed by atoms with Crippen molar-refractivity contribution in [3.05, 3.63) is 0 Å². The molecule has 0 saturated carbocycles. The third-order valence-corrected chi connectivity index (χ3v) is 7.58. The fraction of sp³-hybridized carbons (Fsp3) is 1.00. The predicted molar refractivity (Wildman–Crippen MR) is 109 cm³/mol. The van der Waals surface area contributed by atoms with Crippen molar-refractivity contribution in [2.45, 2.75) is 128 Å². The number of hydrogen-bond acceptors (Lipinski definition) is 2. The van der Waals surface area contributed by atoms with Crippen LogP contribution in [0.1, 0.15) is 111 Å². The van der Waals surface area contributed by atoms with E-state index >= 15 is 0 Å². The standard InChI is InChI=1S/2C8H17.C5H11O2.Al/c2*1-3-5-7-8-6-4-2;1-3-5(6)7-4-2;/h2*1,3-8H2,2H3;5H,3-4H2,1-2H3;/q;;-1;+1. The molecule has 2 nitrogen and oxygen atoms in total. The van der Waals surface area contributed by atoms with E-state index in [1.807, 2.05) is 0 Å². The molecule has 0 radical (unpaired) electrons. The molecule has 144 valence electrons. The molecule has 0 aliphatic rings. The van der Waals surface area contributed by atoms with Gasteiger partial charge in [-0.15, -0.1) is 0 Å². The van der Waals surface area contributed by atoms with Crippen LogP contribution in [0, 0.1) is 0 Å². The highest BCUT2D eigenvalue weighted by Crippen LogP contribution is 2.18. The third-order valence-electron chi connectivity index (χ3n) is 4.79. The lowest BCUT2D eigenvalue weighted by Crippen LogP contribution is -2.27. The Morgan fingerprint density at radius 3 is 1.50 bits per heavy atom. The van der Waals surface area contributed by atoms with E-state index in [0.717, 1.165) is 13.0 Å². The van der Waals surface area contributed by atoms with Crippen molar-refractivity contribution >= 4 is 14.5 Å². The van der Waals surface area contributed by atoms with Crippen LogP contribution >= 0.6 is 0 Å². The van der Waals surface area contributed by atoms with Gasteiger partial charge in [0.15, 0.2) is 0 Å². The molecule has 24 heavy (non-hydrogen) atoms. The average Bonchev–Trinajstić information content (AvgIpc) is 2.59. The minimum absolute atomic E-state index is 0.0619. The van der Waals surface area contributed by atoms with Crippen LogP contribution in [0.5, 0.6) is 0 Å². The van der Waals surface area contributed by atoms with E-state index in [-0.39, 0.29) is 6.29 Å². The van der Waals surface area contributed by atoms with Crippen LogP contribution in [0.2, 0.25) is 10.6 Å². The summed E-state index contributed by atoms with van der Waals surface area (Å²) in [6, 6.07) is 0. The van der Waals surface area contributed by atoms with Crippen molar-refractivity contribution in [2.24, 2.45) is 0 Å². The highest BCUT2D eigenvalue weighted by molar-refractivity contribution is 6.51. The largest absolute Gasteiger partial charge is 0.478 e. The van der Waals surface area contributed by atoms with Gasteiger partial charge in [-0.3, -0.25) is 0 Å². The molecule has 0 heterocycles. The maximum atomic E-state index is 6.41. The zero-order chi connectivity index (χ0) is 17.9. The van der Waals surface area contributed by atoms with Crippen LogP contribution in [0.25, 0.3) is 0 Å². The van der Waals surface area contributed by atoms with E-state index in [9.17, 15) is 0 Å². The first-order chi connectivity index (χ1) is 11.8. The van der Waals surface area contributed by atoms with E-state index in [2.05, 4.69) is 27.7 Å². The Morgan fingerprint density at radius 2 is 1.08 bits per heavy atom. The van der Waals surface area contributed by atoms with Crippen molar-refractivity contribution in [2.75, 3.05) is 6.61 Å². The predicted octanol–water partition coefficient (Wildman–Crippen LogP) is 7.49. The van der Waals surface area contributed by atoms with Gasteiger partial charge in [0.1, 0.15) is 6.29 Å². The number of rotatable bonds is 19. The van der Waals surface area contributed by atoms with Crippen molar-refractivity contribution in [1.82, 2.24) is 0 Å². The quantitative estimate of drug-likeness (QED) is 0.136. The normalized spacial score (nSPS) is 12.5. The minimum atomic E-state index is -1.08. The second kappa shape index (κ2) is 19.8. The lowest BCUT2D eigenvalue weighted by Gasteiger charge is -2.22. The lowest BCUT2D eigenvalue weighted by atomic mass is 10.1. The van der Waals surface area contributed by atoms with Crippen molar-refractivity contribution in [3.8, 4) is 0 Å². The first-order valence-electron chi connectivity index (χ1n) is 11.0. The van der Waals surface area contributed by atoms with E-state index in [1.165, 1.54) is 87.6 Å². The van der Waals surface area contributed by atoms with Gasteiger partial charge in [-0.2, -0.15) is 0 Å². The summed E-state index contributed by atoms with van der Waals surface area (Å²) in [6.45, 7) is 9.60. The second-order valence-corrected chi connectivity index (χ2v) is 9.84. The fourth-order valence-electron chi connectivity index (χ4n) is 3.24. The monoisotopic (exact) mass is 356 g/mol. The van der Waals surface area contributed by atoms with Crippen LogP contribution in [-0.4, -0.2) is 27.4 Å². The molecule has 0 aliphatic carbocycles. The number of hydrogen-bond donors (Lipinski definition) is 0. The van der Waals surface area contributed by atoms with Gasteiger partial charge in [-0.05, 0) is 13.3 Å². The van der Waals surface area contributed by atoms with Gasteiger partial charge in [0.05, 0.1) is 0 Å². The van der Waals surface area contributed by atoms with Crippen LogP contribution in [0.3, 0.4) is 0 Å². The molecule has 3 heteroatoms. The molecule has 0 N–H and O–H groups in total. The van der Waals surface area contributed by atoms with Crippen LogP contribution in [-0.2, 0) is 8.53 Å². The molecule has 0 bridgehead atoms. The average molecular weight is 357 g/mol. The Balaban J connectivity index is 3.99. The summed E-state index contributed by atoms with van der Waals surface area (Å²) in [5.74, 6) is 0. The Morgan fingerprint density at radius 1 is 0.625 bits per heavy atom. The van der Waals surface area contributed by atoms with Gasteiger partial charge in [0.25, 0.3) is 0 Å². The molecule has 1 atom stereocenters. The van der Waals surface area contributed by atoms with Gasteiger partial charge in [0.2, 0.25) is 0 Å². The first kappa shape index (κ1) is 24.5. The number of ether oxygens (including phenoxy) is 1. The van der Waals surface area contributed by atoms with Crippen LogP contribution in [0.4, 0.5) is 0 Å². The third kappa shape index (κ3) is 15.9. The Hall–Kier alpha value is 0.452. The molecule has 0 rings (SSSR count). The Kier molecular flexibility index (Phi) is 20.1. The summed E-state index contributed by atoms with van der Waals surface area (Å²) in [5.41, 5.74) is 0. The van der Waals surface area contributed by atoms with Gasteiger partial charge < -0.3 is 8.53 Å². The molecule has 0 aromatic carbocycles. The minimum Gasteiger partial charge on any atom is -0.478 e. The van der Waals surface area contributed by atoms with E-state index < -0.39 is 14.5 Å². The zero-order valence-electron chi connectivity index (χ0n) is 17.3. The Bertz CT molecular complexity index is 220. The molecule has 0 saturated heterocycles. The highest BCUT2D eigenvalue weighted by atomic mass is 27.2. The summed E-state index contributed by atoms with van der Waals surface area (Å²) in [4.78, 5) is 0. The molecular formula is C21H45AlO2. The second-order valence-electron chi connectivity index (χ2n) is 7.16. The fourth-order valence-corrected chi connectivity index (χ4v) is 5.99. The molecule has 0 spiro atoms. The van der Waals surface area contributed by atoms with Gasteiger partial charge in [-0.25, -0.2) is 0 Å². The topological polar surface area (TPSA) is 18.5 Å². The summed E-state index contributed by atoms with van der Waals surface area (Å²) in [7, 11) is 0. The van der Waals surface area contributed by atoms with Gasteiger partial charge >= 0.3 is 14.5 Å². The summed E-state index contributed by atoms with van der Waals surface area (Å²) in [5, 5.41) is 2.70. The molecular weight excluding hydrogens is 311 g/mol. The van der Waals surface area contributed by atoms with Crippen molar-refractivity contribution < 1.29 is 8.53 Å². The maximum absolute atomic E-state index is 6.41. The highest BCUT2D eigenvalue weighted by Gasteiger charge is 2.23. The van der Waals surface area contributed by atoms with Crippen LogP contribution < -0.4 is 0 Å². The zero-order valence-corrected chi connectivity index (χ0v) is 18.4. The molecule has 1 unspecified atom stereocenters. The number of unbranched alkanes of at least 4 members (excludes halogenated alkanes) is 10. The van der Waals surface area contributed by atoms with E-state index in [1.54, 1.807) is 0 Å². The molecule has 0 amide bonds. The van der Waals surface area contributed by atoms with E-state index in [4.69, 9.17) is 8.53 Å². The van der Waals surface area contributed by atoms with Crippen molar-refractivity contribution in [3.63, 3.8) is 0 Å². The summed E-state index contributed by atoms with van der Waals surface area (Å²) in [6.07, 6.45) is 17.7.